The number of benzene rings is 1. The van der Waals surface area contributed by atoms with Gasteiger partial charge in [-0.1, -0.05) is 11.6 Å². The Balaban J connectivity index is 0.00000242. The van der Waals surface area contributed by atoms with Gasteiger partial charge in [0, 0.05) is 35.5 Å². The van der Waals surface area contributed by atoms with Gasteiger partial charge in [0.2, 0.25) is 5.91 Å². The molecule has 1 fully saturated rings. The van der Waals surface area contributed by atoms with Gasteiger partial charge in [0.15, 0.2) is 0 Å². The number of nitrogens with one attached hydrogen (secondary N) is 1. The Morgan fingerprint density at radius 2 is 2.14 bits per heavy atom. The molecule has 0 saturated carbocycles. The number of carbonyl (C=O) groups excluding carboxylic acids is 1. The predicted molar refractivity (Wildman–Crippen MR) is 97.3 cm³/mol. The van der Waals surface area contributed by atoms with Gasteiger partial charge in [0.25, 0.3) is 0 Å². The van der Waals surface area contributed by atoms with E-state index in [9.17, 15) is 4.79 Å². The predicted octanol–water partition coefficient (Wildman–Crippen LogP) is 3.84. The van der Waals surface area contributed by atoms with Crippen molar-refractivity contribution in [1.82, 2.24) is 10.2 Å². The monoisotopic (exact) mass is 362 g/mol. The molecule has 0 aromatic heterocycles. The van der Waals surface area contributed by atoms with Crippen molar-refractivity contribution >= 4 is 41.7 Å². The van der Waals surface area contributed by atoms with Gasteiger partial charge in [-0.2, -0.15) is 0 Å². The highest BCUT2D eigenvalue weighted by molar-refractivity contribution is 7.99. The number of likely N-dealkylation sites (tertiary alicyclic amines) is 1. The van der Waals surface area contributed by atoms with Crippen LogP contribution in [0.3, 0.4) is 0 Å². The summed E-state index contributed by atoms with van der Waals surface area (Å²) in [5, 5.41) is 3.94. The summed E-state index contributed by atoms with van der Waals surface area (Å²) in [6.45, 7) is 1.83. The van der Waals surface area contributed by atoms with Crippen molar-refractivity contribution in [2.75, 3.05) is 25.9 Å². The number of thioether (sulfide) groups is 1. The van der Waals surface area contributed by atoms with Crippen molar-refractivity contribution < 1.29 is 4.79 Å². The summed E-state index contributed by atoms with van der Waals surface area (Å²) >= 11 is 7.64. The fraction of sp³-hybridized carbons (Fsp3) is 0.562. The van der Waals surface area contributed by atoms with E-state index in [0.29, 0.717) is 18.4 Å². The minimum atomic E-state index is 0. The molecule has 1 atom stereocenters. The van der Waals surface area contributed by atoms with Crippen LogP contribution in [0.25, 0.3) is 0 Å². The summed E-state index contributed by atoms with van der Waals surface area (Å²) in [5.41, 5.74) is 0. The molecule has 1 aliphatic rings. The highest BCUT2D eigenvalue weighted by Gasteiger charge is 2.27. The highest BCUT2D eigenvalue weighted by atomic mass is 35.5. The number of carbonyl (C=O) groups is 1. The Kier molecular flexibility index (Phi) is 9.25. The van der Waals surface area contributed by atoms with Crippen LogP contribution in [-0.2, 0) is 4.79 Å². The zero-order chi connectivity index (χ0) is 15.1. The first-order chi connectivity index (χ1) is 10.2. The van der Waals surface area contributed by atoms with Gasteiger partial charge in [-0.05, 0) is 56.3 Å². The highest BCUT2D eigenvalue weighted by Crippen LogP contribution is 2.22. The summed E-state index contributed by atoms with van der Waals surface area (Å²) in [5.74, 6) is 1.28. The minimum Gasteiger partial charge on any atom is -0.338 e. The molecule has 3 nitrogen and oxygen atoms in total. The molecule has 2 rings (SSSR count). The third kappa shape index (κ3) is 5.99. The van der Waals surface area contributed by atoms with E-state index in [1.54, 1.807) is 11.8 Å². The Morgan fingerprint density at radius 3 is 2.82 bits per heavy atom. The lowest BCUT2D eigenvalue weighted by atomic mass is 10.2. The maximum absolute atomic E-state index is 12.3. The molecule has 1 amide bonds. The van der Waals surface area contributed by atoms with Gasteiger partial charge in [-0.25, -0.2) is 0 Å². The molecule has 124 valence electrons. The summed E-state index contributed by atoms with van der Waals surface area (Å²) in [4.78, 5) is 15.5. The molecule has 1 unspecified atom stereocenters. The molecular weight excluding hydrogens is 339 g/mol. The van der Waals surface area contributed by atoms with E-state index < -0.39 is 0 Å². The number of amides is 1. The van der Waals surface area contributed by atoms with E-state index in [0.717, 1.165) is 43.1 Å². The SMILES string of the molecule is CNCC1CCCN1C(=O)CCCSc1ccc(Cl)cc1.Cl. The molecule has 1 aromatic rings. The van der Waals surface area contributed by atoms with Crippen LogP contribution in [0.1, 0.15) is 25.7 Å². The average Bonchev–Trinajstić information content (AvgIpc) is 2.94. The molecule has 0 radical (unpaired) electrons. The molecule has 1 N–H and O–H groups in total. The van der Waals surface area contributed by atoms with Gasteiger partial charge in [0.1, 0.15) is 0 Å². The lowest BCUT2D eigenvalue weighted by Crippen LogP contribution is -2.40. The van der Waals surface area contributed by atoms with Gasteiger partial charge in [-0.3, -0.25) is 4.79 Å². The first-order valence-electron chi connectivity index (χ1n) is 7.53. The summed E-state index contributed by atoms with van der Waals surface area (Å²) in [6.07, 6.45) is 3.85. The average molecular weight is 363 g/mol. The standard InChI is InChI=1S/C16H23ClN2OS.ClH/c1-18-12-14-4-2-10-19(14)16(20)5-3-11-21-15-8-6-13(17)7-9-15;/h6-9,14,18H,2-5,10-12H2,1H3;1H. The molecule has 0 aliphatic carbocycles. The van der Waals surface area contributed by atoms with Gasteiger partial charge in [0.05, 0.1) is 0 Å². The van der Waals surface area contributed by atoms with Crippen molar-refractivity contribution in [3.05, 3.63) is 29.3 Å². The number of hydrogen-bond donors (Lipinski definition) is 1. The summed E-state index contributed by atoms with van der Waals surface area (Å²) < 4.78 is 0. The van der Waals surface area contributed by atoms with Crippen LogP contribution in [0.4, 0.5) is 0 Å². The third-order valence-electron chi connectivity index (χ3n) is 3.75. The summed E-state index contributed by atoms with van der Waals surface area (Å²) in [6, 6.07) is 8.26. The molecule has 1 aromatic carbocycles. The van der Waals surface area contributed by atoms with Crippen LogP contribution in [-0.4, -0.2) is 42.7 Å². The zero-order valence-corrected chi connectivity index (χ0v) is 15.3. The number of rotatable bonds is 7. The topological polar surface area (TPSA) is 32.3 Å². The van der Waals surface area contributed by atoms with Crippen molar-refractivity contribution in [1.29, 1.82) is 0 Å². The lowest BCUT2D eigenvalue weighted by molar-refractivity contribution is -0.131. The zero-order valence-electron chi connectivity index (χ0n) is 12.9. The number of halogens is 2. The Hall–Kier alpha value is -0.420. The molecule has 22 heavy (non-hydrogen) atoms. The van der Waals surface area contributed by atoms with Crippen LogP contribution in [0.2, 0.25) is 5.02 Å². The smallest absolute Gasteiger partial charge is 0.222 e. The van der Waals surface area contributed by atoms with E-state index in [2.05, 4.69) is 10.2 Å². The molecule has 1 heterocycles. The normalized spacial score (nSPS) is 17.4. The number of hydrogen-bond acceptors (Lipinski definition) is 3. The van der Waals surface area contributed by atoms with Crippen LogP contribution < -0.4 is 5.32 Å². The first kappa shape index (κ1) is 19.6. The van der Waals surface area contributed by atoms with Crippen molar-refractivity contribution in [3.63, 3.8) is 0 Å². The lowest BCUT2D eigenvalue weighted by Gasteiger charge is -2.24. The molecule has 6 heteroatoms. The fourth-order valence-electron chi connectivity index (χ4n) is 2.70. The largest absolute Gasteiger partial charge is 0.338 e. The Morgan fingerprint density at radius 1 is 1.41 bits per heavy atom. The number of nitrogens with zero attached hydrogens (tertiary/aromatic N) is 1. The van der Waals surface area contributed by atoms with Crippen LogP contribution >= 0.6 is 35.8 Å². The maximum atomic E-state index is 12.3. The van der Waals surface area contributed by atoms with E-state index in [1.807, 2.05) is 31.3 Å². The quantitative estimate of drug-likeness (QED) is 0.590. The molecular formula is C16H24Cl2N2OS. The van der Waals surface area contributed by atoms with Gasteiger partial charge in [-0.15, -0.1) is 24.2 Å². The van der Waals surface area contributed by atoms with E-state index in [-0.39, 0.29) is 12.4 Å². The van der Waals surface area contributed by atoms with Crippen LogP contribution in [0.5, 0.6) is 0 Å². The van der Waals surface area contributed by atoms with Gasteiger partial charge >= 0.3 is 0 Å². The minimum absolute atomic E-state index is 0. The van der Waals surface area contributed by atoms with E-state index in [4.69, 9.17) is 11.6 Å². The van der Waals surface area contributed by atoms with Crippen molar-refractivity contribution in [3.8, 4) is 0 Å². The second kappa shape index (κ2) is 10.4. The molecule has 1 aliphatic heterocycles. The Labute approximate surface area is 148 Å². The van der Waals surface area contributed by atoms with E-state index in [1.165, 1.54) is 4.90 Å². The van der Waals surface area contributed by atoms with Gasteiger partial charge < -0.3 is 10.2 Å². The molecule has 0 spiro atoms. The fourth-order valence-corrected chi connectivity index (χ4v) is 3.68. The van der Waals surface area contributed by atoms with E-state index >= 15 is 0 Å². The number of likely N-dealkylation sites (N-methyl/N-ethyl adjacent to an activating group) is 1. The maximum Gasteiger partial charge on any atom is 0.222 e. The van der Waals surface area contributed by atoms with Crippen LogP contribution in [0.15, 0.2) is 29.2 Å². The van der Waals surface area contributed by atoms with Crippen molar-refractivity contribution in [2.45, 2.75) is 36.6 Å². The second-order valence-corrected chi connectivity index (χ2v) is 6.95. The molecule has 0 bridgehead atoms. The summed E-state index contributed by atoms with van der Waals surface area (Å²) in [7, 11) is 1.95. The van der Waals surface area contributed by atoms with Crippen LogP contribution in [0, 0.1) is 0 Å². The second-order valence-electron chi connectivity index (χ2n) is 5.35. The third-order valence-corrected chi connectivity index (χ3v) is 5.10. The Bertz CT molecular complexity index is 456. The van der Waals surface area contributed by atoms with Crippen molar-refractivity contribution in [2.24, 2.45) is 0 Å². The first-order valence-corrected chi connectivity index (χ1v) is 8.89. The molecule has 1 saturated heterocycles.